The number of esters is 1. The van der Waals surface area contributed by atoms with E-state index in [0.29, 0.717) is 0 Å². The zero-order valence-electron chi connectivity index (χ0n) is 11.8. The fourth-order valence-corrected chi connectivity index (χ4v) is 2.42. The Morgan fingerprint density at radius 3 is 2.43 bits per heavy atom. The molecule has 0 amide bonds. The van der Waals surface area contributed by atoms with Crippen molar-refractivity contribution >= 4 is 21.7 Å². The molecule has 0 spiro atoms. The van der Waals surface area contributed by atoms with Gasteiger partial charge in [-0.1, -0.05) is 13.8 Å². The van der Waals surface area contributed by atoms with Crippen LogP contribution in [0.15, 0.2) is 17.0 Å². The van der Waals surface area contributed by atoms with Gasteiger partial charge in [-0.05, 0) is 18.9 Å². The molecule has 1 aromatic rings. The number of carbonyl (C=O) groups excluding carboxylic acids is 1. The summed E-state index contributed by atoms with van der Waals surface area (Å²) in [4.78, 5) is 21.6. The maximum Gasteiger partial charge on any atom is 0.338 e. The summed E-state index contributed by atoms with van der Waals surface area (Å²) in [6.07, 6.45) is 0. The second-order valence-electron chi connectivity index (χ2n) is 4.91. The van der Waals surface area contributed by atoms with Gasteiger partial charge in [0.2, 0.25) is 10.0 Å². The number of nitro benzene ring substituents is 1. The third-order valence-electron chi connectivity index (χ3n) is 2.62. The lowest BCUT2D eigenvalue weighted by Gasteiger charge is -2.10. The summed E-state index contributed by atoms with van der Waals surface area (Å²) < 4.78 is 27.9. The minimum Gasteiger partial charge on any atom is -0.462 e. The van der Waals surface area contributed by atoms with Crippen LogP contribution in [0, 0.1) is 23.0 Å². The number of nitrogens with two attached hydrogens (primary N) is 1. The summed E-state index contributed by atoms with van der Waals surface area (Å²) in [6.45, 7) is 5.01. The lowest BCUT2D eigenvalue weighted by atomic mass is 10.1. The maximum atomic E-state index is 11.8. The SMILES string of the molecule is Cc1c([N+](=O)[O-])cc(C(=O)OCC(C)C)cc1S(N)(=O)=O. The van der Waals surface area contributed by atoms with E-state index in [1.54, 1.807) is 0 Å². The van der Waals surface area contributed by atoms with Crippen molar-refractivity contribution in [2.24, 2.45) is 11.1 Å². The van der Waals surface area contributed by atoms with Crippen molar-refractivity contribution in [2.75, 3.05) is 6.61 Å². The number of rotatable bonds is 5. The van der Waals surface area contributed by atoms with Gasteiger partial charge in [0.25, 0.3) is 5.69 Å². The number of carbonyl (C=O) groups is 1. The van der Waals surface area contributed by atoms with Crippen molar-refractivity contribution in [3.8, 4) is 0 Å². The Kier molecular flexibility index (Phi) is 5.02. The summed E-state index contributed by atoms with van der Waals surface area (Å²) in [6, 6.07) is 1.97. The van der Waals surface area contributed by atoms with Crippen LogP contribution in [0.4, 0.5) is 5.69 Å². The average Bonchev–Trinajstić information content (AvgIpc) is 2.34. The Morgan fingerprint density at radius 1 is 1.43 bits per heavy atom. The van der Waals surface area contributed by atoms with Gasteiger partial charge in [-0.2, -0.15) is 0 Å². The van der Waals surface area contributed by atoms with Gasteiger partial charge in [0.05, 0.1) is 22.0 Å². The fraction of sp³-hybridized carbons (Fsp3) is 0.417. The van der Waals surface area contributed by atoms with E-state index in [9.17, 15) is 23.3 Å². The van der Waals surface area contributed by atoms with E-state index in [1.807, 2.05) is 13.8 Å². The van der Waals surface area contributed by atoms with Crippen molar-refractivity contribution in [3.63, 3.8) is 0 Å². The first kappa shape index (κ1) is 17.1. The minimum atomic E-state index is -4.19. The fourth-order valence-electron chi connectivity index (χ4n) is 1.60. The molecule has 0 heterocycles. The van der Waals surface area contributed by atoms with E-state index in [-0.39, 0.29) is 23.7 Å². The van der Waals surface area contributed by atoms with E-state index in [2.05, 4.69) is 0 Å². The molecule has 0 saturated heterocycles. The van der Waals surface area contributed by atoms with Crippen molar-refractivity contribution in [3.05, 3.63) is 33.4 Å². The number of sulfonamides is 1. The summed E-state index contributed by atoms with van der Waals surface area (Å²) in [5.41, 5.74) is -0.849. The van der Waals surface area contributed by atoms with Crippen LogP contribution in [0.3, 0.4) is 0 Å². The molecule has 0 fully saturated rings. The molecule has 21 heavy (non-hydrogen) atoms. The molecule has 1 aromatic carbocycles. The van der Waals surface area contributed by atoms with Crippen LogP contribution in [-0.2, 0) is 14.8 Å². The Balaban J connectivity index is 3.38. The molecule has 9 heteroatoms. The first-order chi connectivity index (χ1) is 9.54. The highest BCUT2D eigenvalue weighted by molar-refractivity contribution is 7.89. The van der Waals surface area contributed by atoms with Gasteiger partial charge < -0.3 is 4.74 Å². The molecule has 116 valence electrons. The highest BCUT2D eigenvalue weighted by Gasteiger charge is 2.25. The first-order valence-corrected chi connectivity index (χ1v) is 7.57. The highest BCUT2D eigenvalue weighted by atomic mass is 32.2. The van der Waals surface area contributed by atoms with Crippen LogP contribution in [0.25, 0.3) is 0 Å². The van der Waals surface area contributed by atoms with Crippen LogP contribution >= 0.6 is 0 Å². The number of ether oxygens (including phenoxy) is 1. The summed E-state index contributed by atoms with van der Waals surface area (Å²) >= 11 is 0. The molecule has 0 aliphatic rings. The molecule has 0 bridgehead atoms. The summed E-state index contributed by atoms with van der Waals surface area (Å²) in [5.74, 6) is -0.760. The smallest absolute Gasteiger partial charge is 0.338 e. The van der Waals surface area contributed by atoms with E-state index < -0.39 is 31.5 Å². The third kappa shape index (κ3) is 4.23. The Bertz CT molecular complexity index is 681. The number of hydrogen-bond donors (Lipinski definition) is 1. The Labute approximate surface area is 122 Å². The van der Waals surface area contributed by atoms with Crippen molar-refractivity contribution < 1.29 is 22.9 Å². The molecule has 0 radical (unpaired) electrons. The monoisotopic (exact) mass is 316 g/mol. The van der Waals surface area contributed by atoms with Gasteiger partial charge in [0, 0.05) is 11.6 Å². The zero-order chi connectivity index (χ0) is 16.4. The van der Waals surface area contributed by atoms with Gasteiger partial charge >= 0.3 is 5.97 Å². The third-order valence-corrected chi connectivity index (χ3v) is 3.66. The summed E-state index contributed by atoms with van der Waals surface area (Å²) in [5, 5.41) is 16.0. The van der Waals surface area contributed by atoms with E-state index in [1.165, 1.54) is 6.92 Å². The number of nitrogens with zero attached hydrogens (tertiary/aromatic N) is 1. The predicted octanol–water partition coefficient (Wildman–Crippen LogP) is 1.36. The molecule has 0 aliphatic heterocycles. The second kappa shape index (κ2) is 6.19. The molecular weight excluding hydrogens is 300 g/mol. The average molecular weight is 316 g/mol. The van der Waals surface area contributed by atoms with E-state index in [0.717, 1.165) is 12.1 Å². The first-order valence-electron chi connectivity index (χ1n) is 6.03. The topological polar surface area (TPSA) is 130 Å². The van der Waals surface area contributed by atoms with Crippen molar-refractivity contribution in [1.29, 1.82) is 0 Å². The molecule has 0 saturated carbocycles. The van der Waals surface area contributed by atoms with E-state index >= 15 is 0 Å². The number of primary sulfonamides is 1. The Morgan fingerprint density at radius 2 is 2.00 bits per heavy atom. The largest absolute Gasteiger partial charge is 0.462 e. The van der Waals surface area contributed by atoms with Gasteiger partial charge in [0.1, 0.15) is 0 Å². The molecular formula is C12H16N2O6S. The number of benzene rings is 1. The molecule has 1 rings (SSSR count). The molecule has 0 atom stereocenters. The maximum absolute atomic E-state index is 11.8. The van der Waals surface area contributed by atoms with Gasteiger partial charge in [-0.25, -0.2) is 18.4 Å². The minimum absolute atomic E-state index is 0.0760. The lowest BCUT2D eigenvalue weighted by molar-refractivity contribution is -0.385. The number of nitro groups is 1. The van der Waals surface area contributed by atoms with Crippen molar-refractivity contribution in [1.82, 2.24) is 0 Å². The normalized spacial score (nSPS) is 11.5. The van der Waals surface area contributed by atoms with Crippen LogP contribution in [-0.4, -0.2) is 25.9 Å². The van der Waals surface area contributed by atoms with Gasteiger partial charge in [-0.15, -0.1) is 0 Å². The van der Waals surface area contributed by atoms with E-state index in [4.69, 9.17) is 9.88 Å². The molecule has 0 aromatic heterocycles. The van der Waals surface area contributed by atoms with Crippen LogP contribution in [0.1, 0.15) is 29.8 Å². The molecule has 0 unspecified atom stereocenters. The molecule has 0 aliphatic carbocycles. The molecule has 8 nitrogen and oxygen atoms in total. The highest BCUT2D eigenvalue weighted by Crippen LogP contribution is 2.27. The summed E-state index contributed by atoms with van der Waals surface area (Å²) in [7, 11) is -4.19. The zero-order valence-corrected chi connectivity index (χ0v) is 12.6. The van der Waals surface area contributed by atoms with Crippen LogP contribution in [0.5, 0.6) is 0 Å². The predicted molar refractivity (Wildman–Crippen MR) is 74.3 cm³/mol. The van der Waals surface area contributed by atoms with Crippen molar-refractivity contribution in [2.45, 2.75) is 25.7 Å². The quantitative estimate of drug-likeness (QED) is 0.496. The second-order valence-corrected chi connectivity index (χ2v) is 6.44. The standard InChI is InChI=1S/C12H16N2O6S/c1-7(2)6-20-12(15)9-4-10(14(16)17)8(3)11(5-9)21(13,18)19/h4-5,7H,6H2,1-3H3,(H2,13,18,19). The van der Waals surface area contributed by atoms with Gasteiger partial charge in [-0.3, -0.25) is 10.1 Å². The lowest BCUT2D eigenvalue weighted by Crippen LogP contribution is -2.17. The Hall–Kier alpha value is -2.00. The van der Waals surface area contributed by atoms with Gasteiger partial charge in [0.15, 0.2) is 0 Å². The molecule has 2 N–H and O–H groups in total. The van der Waals surface area contributed by atoms with Crippen LogP contribution < -0.4 is 5.14 Å². The van der Waals surface area contributed by atoms with Crippen LogP contribution in [0.2, 0.25) is 0 Å². The number of hydrogen-bond acceptors (Lipinski definition) is 6.